The van der Waals surface area contributed by atoms with E-state index in [9.17, 15) is 0 Å². The zero-order valence-electron chi connectivity index (χ0n) is 14.7. The fourth-order valence-electron chi connectivity index (χ4n) is 2.23. The molecule has 0 bridgehead atoms. The molecule has 1 atom stereocenters. The van der Waals surface area contributed by atoms with Crippen LogP contribution in [0.25, 0.3) is 0 Å². The normalized spacial score (nSPS) is 13.4. The average Bonchev–Trinajstić information content (AvgIpc) is 2.50. The molecule has 5 heteroatoms. The number of nitrogens with one attached hydrogen (secondary N) is 2. The number of para-hydroxylation sites is 1. The Balaban J connectivity index is 2.76. The molecule has 0 fully saturated rings. The summed E-state index contributed by atoms with van der Waals surface area (Å²) in [6.07, 6.45) is 0. The zero-order valence-corrected chi connectivity index (χ0v) is 14.7. The van der Waals surface area contributed by atoms with Gasteiger partial charge in [0.1, 0.15) is 5.75 Å². The fraction of sp³-hybridized carbons (Fsp3) is 0.588. The minimum absolute atomic E-state index is 0.203. The minimum atomic E-state index is 0.203. The molecular weight excluding hydrogens is 276 g/mol. The Morgan fingerprint density at radius 2 is 1.82 bits per heavy atom. The van der Waals surface area contributed by atoms with E-state index in [1.807, 2.05) is 18.2 Å². The third-order valence-electron chi connectivity index (χ3n) is 3.49. The minimum Gasteiger partial charge on any atom is -0.496 e. The van der Waals surface area contributed by atoms with Gasteiger partial charge in [-0.3, -0.25) is 4.99 Å². The van der Waals surface area contributed by atoms with Crippen molar-refractivity contribution < 1.29 is 4.74 Å². The van der Waals surface area contributed by atoms with Gasteiger partial charge >= 0.3 is 0 Å². The summed E-state index contributed by atoms with van der Waals surface area (Å²) >= 11 is 0. The molecule has 0 amide bonds. The Morgan fingerprint density at radius 1 is 1.18 bits per heavy atom. The molecule has 1 rings (SSSR count). The molecule has 5 nitrogen and oxygen atoms in total. The molecule has 1 aromatic carbocycles. The highest BCUT2D eigenvalue weighted by atomic mass is 16.5. The third-order valence-corrected chi connectivity index (χ3v) is 3.49. The Labute approximate surface area is 134 Å². The van der Waals surface area contributed by atoms with Crippen molar-refractivity contribution in [2.45, 2.75) is 19.9 Å². The van der Waals surface area contributed by atoms with Crippen molar-refractivity contribution in [1.82, 2.24) is 15.5 Å². The van der Waals surface area contributed by atoms with Crippen LogP contribution in [0.3, 0.4) is 0 Å². The van der Waals surface area contributed by atoms with Crippen LogP contribution < -0.4 is 15.4 Å². The summed E-state index contributed by atoms with van der Waals surface area (Å²) < 4.78 is 5.49. The smallest absolute Gasteiger partial charge is 0.191 e. The summed E-state index contributed by atoms with van der Waals surface area (Å²) in [5.41, 5.74) is 1.17. The van der Waals surface area contributed by atoms with Gasteiger partial charge in [0.25, 0.3) is 0 Å². The van der Waals surface area contributed by atoms with Gasteiger partial charge in [-0.15, -0.1) is 0 Å². The monoisotopic (exact) mass is 306 g/mol. The first-order chi connectivity index (χ1) is 10.5. The molecule has 0 radical (unpaired) electrons. The molecule has 22 heavy (non-hydrogen) atoms. The van der Waals surface area contributed by atoms with Crippen LogP contribution in [0, 0.1) is 5.92 Å². The van der Waals surface area contributed by atoms with Crippen LogP contribution in [-0.2, 0) is 0 Å². The summed E-state index contributed by atoms with van der Waals surface area (Å²) in [4.78, 5) is 6.45. The molecule has 0 heterocycles. The van der Waals surface area contributed by atoms with E-state index in [0.29, 0.717) is 5.92 Å². The Hall–Kier alpha value is -1.75. The Bertz CT molecular complexity index is 471. The molecular formula is C17H30N4O. The van der Waals surface area contributed by atoms with Crippen LogP contribution in [0.15, 0.2) is 29.3 Å². The number of benzene rings is 1. The lowest BCUT2D eigenvalue weighted by molar-refractivity contribution is 0.287. The van der Waals surface area contributed by atoms with E-state index >= 15 is 0 Å². The molecule has 124 valence electrons. The zero-order chi connectivity index (χ0) is 16.5. The molecule has 1 unspecified atom stereocenters. The molecule has 0 aliphatic rings. The number of ether oxygens (including phenoxy) is 1. The summed E-state index contributed by atoms with van der Waals surface area (Å²) in [6, 6.07) is 8.34. The van der Waals surface area contributed by atoms with E-state index in [0.717, 1.165) is 24.8 Å². The van der Waals surface area contributed by atoms with Gasteiger partial charge in [0.05, 0.1) is 13.2 Å². The number of aliphatic imine (C=N–C) groups is 1. The van der Waals surface area contributed by atoms with E-state index in [1.54, 1.807) is 14.2 Å². The van der Waals surface area contributed by atoms with Crippen molar-refractivity contribution in [3.05, 3.63) is 29.8 Å². The van der Waals surface area contributed by atoms with Crippen LogP contribution in [0.4, 0.5) is 0 Å². The van der Waals surface area contributed by atoms with E-state index in [4.69, 9.17) is 4.74 Å². The van der Waals surface area contributed by atoms with Crippen molar-refractivity contribution >= 4 is 5.96 Å². The predicted octanol–water partition coefficient (Wildman–Crippen LogP) is 2.12. The number of guanidine groups is 1. The van der Waals surface area contributed by atoms with E-state index in [1.165, 1.54) is 5.56 Å². The second kappa shape index (κ2) is 9.30. The van der Waals surface area contributed by atoms with Crippen LogP contribution in [0.5, 0.6) is 5.75 Å². The van der Waals surface area contributed by atoms with Gasteiger partial charge in [-0.2, -0.15) is 0 Å². The van der Waals surface area contributed by atoms with Crippen LogP contribution in [0.1, 0.15) is 25.5 Å². The first-order valence-corrected chi connectivity index (χ1v) is 7.73. The van der Waals surface area contributed by atoms with Crippen LogP contribution >= 0.6 is 0 Å². The molecule has 2 N–H and O–H groups in total. The molecule has 0 aliphatic heterocycles. The molecule has 1 aromatic rings. The Morgan fingerprint density at radius 3 is 2.36 bits per heavy atom. The number of likely N-dealkylation sites (N-methyl/N-ethyl adjacent to an activating group) is 1. The summed E-state index contributed by atoms with van der Waals surface area (Å²) in [5, 5.41) is 6.73. The van der Waals surface area contributed by atoms with Gasteiger partial charge in [-0.1, -0.05) is 32.0 Å². The van der Waals surface area contributed by atoms with Gasteiger partial charge in [-0.25, -0.2) is 0 Å². The summed E-state index contributed by atoms with van der Waals surface area (Å²) in [5.74, 6) is 2.32. The number of rotatable bonds is 7. The largest absolute Gasteiger partial charge is 0.496 e. The van der Waals surface area contributed by atoms with E-state index in [-0.39, 0.29) is 6.04 Å². The molecule has 0 aliphatic carbocycles. The quantitative estimate of drug-likeness (QED) is 0.598. The van der Waals surface area contributed by atoms with Gasteiger partial charge in [0.15, 0.2) is 5.96 Å². The SMILES string of the molecule is CN=C(NCC(C)C)NCC(c1ccccc1OC)N(C)C. The average molecular weight is 306 g/mol. The lowest BCUT2D eigenvalue weighted by atomic mass is 10.0. The highest BCUT2D eigenvalue weighted by Crippen LogP contribution is 2.27. The molecule has 0 aromatic heterocycles. The maximum atomic E-state index is 5.49. The second-order valence-electron chi connectivity index (χ2n) is 5.95. The topological polar surface area (TPSA) is 48.9 Å². The second-order valence-corrected chi connectivity index (χ2v) is 5.95. The van der Waals surface area contributed by atoms with Crippen LogP contribution in [-0.4, -0.2) is 52.2 Å². The van der Waals surface area contributed by atoms with Crippen molar-refractivity contribution in [3.8, 4) is 5.75 Å². The van der Waals surface area contributed by atoms with Crippen molar-refractivity contribution in [2.24, 2.45) is 10.9 Å². The molecule has 0 spiro atoms. The standard InChI is InChI=1S/C17H30N4O/c1-13(2)11-19-17(18-3)20-12-15(21(4)5)14-9-7-8-10-16(14)22-6/h7-10,13,15H,11-12H2,1-6H3,(H2,18,19,20). The number of nitrogens with zero attached hydrogens (tertiary/aromatic N) is 2. The molecule has 0 saturated carbocycles. The van der Waals surface area contributed by atoms with Gasteiger partial charge in [-0.05, 0) is 26.1 Å². The van der Waals surface area contributed by atoms with E-state index < -0.39 is 0 Å². The highest BCUT2D eigenvalue weighted by Gasteiger charge is 2.18. The van der Waals surface area contributed by atoms with Crippen molar-refractivity contribution in [2.75, 3.05) is 41.3 Å². The summed E-state index contributed by atoms with van der Waals surface area (Å²) in [6.45, 7) is 6.02. The Kier molecular flexibility index (Phi) is 7.74. The molecule has 0 saturated heterocycles. The number of methoxy groups -OCH3 is 1. The predicted molar refractivity (Wildman–Crippen MR) is 93.6 cm³/mol. The number of hydrogen-bond donors (Lipinski definition) is 2. The first-order valence-electron chi connectivity index (χ1n) is 7.73. The van der Waals surface area contributed by atoms with Crippen molar-refractivity contribution in [1.29, 1.82) is 0 Å². The maximum absolute atomic E-state index is 5.49. The van der Waals surface area contributed by atoms with Crippen LogP contribution in [0.2, 0.25) is 0 Å². The van der Waals surface area contributed by atoms with Gasteiger partial charge < -0.3 is 20.3 Å². The third kappa shape index (κ3) is 5.56. The van der Waals surface area contributed by atoms with E-state index in [2.05, 4.69) is 54.5 Å². The lowest BCUT2D eigenvalue weighted by Crippen LogP contribution is -2.42. The summed E-state index contributed by atoms with van der Waals surface area (Å²) in [7, 11) is 7.65. The first kappa shape index (κ1) is 18.3. The number of hydrogen-bond acceptors (Lipinski definition) is 3. The highest BCUT2D eigenvalue weighted by molar-refractivity contribution is 5.79. The lowest BCUT2D eigenvalue weighted by Gasteiger charge is -2.27. The van der Waals surface area contributed by atoms with Gasteiger partial charge in [0.2, 0.25) is 0 Å². The van der Waals surface area contributed by atoms with Crippen molar-refractivity contribution in [3.63, 3.8) is 0 Å². The maximum Gasteiger partial charge on any atom is 0.191 e. The van der Waals surface area contributed by atoms with Gasteiger partial charge in [0, 0.05) is 25.7 Å². The fourth-order valence-corrected chi connectivity index (χ4v) is 2.23.